The zero-order valence-electron chi connectivity index (χ0n) is 15.4. The van der Waals surface area contributed by atoms with Crippen LogP contribution in [0.1, 0.15) is 57.6 Å². The molecule has 3 aliphatic carbocycles. The molecule has 1 aromatic carbocycles. The van der Waals surface area contributed by atoms with Gasteiger partial charge in [-0.2, -0.15) is 0 Å². The van der Waals surface area contributed by atoms with Crippen molar-refractivity contribution in [1.82, 2.24) is 0 Å². The number of allylic oxidation sites excluding steroid dienone is 2. The van der Waals surface area contributed by atoms with Crippen LogP contribution in [0.15, 0.2) is 24.3 Å². The normalized spacial score (nSPS) is 37.5. The van der Waals surface area contributed by atoms with Crippen molar-refractivity contribution in [2.24, 2.45) is 22.7 Å². The van der Waals surface area contributed by atoms with E-state index >= 15 is 0 Å². The summed E-state index contributed by atoms with van der Waals surface area (Å²) >= 11 is 0. The minimum atomic E-state index is -0.888. The molecular weight excluding hydrogens is 312 g/mol. The predicted octanol–water partition coefficient (Wildman–Crippen LogP) is 4.11. The monoisotopic (exact) mass is 340 g/mol. The summed E-state index contributed by atoms with van der Waals surface area (Å²) in [5, 5.41) is 19.7. The number of Topliss-reactive ketones (excluding diaryl/α,β-unsaturated/α-hetero) is 1. The highest BCUT2D eigenvalue weighted by molar-refractivity contribution is 5.89. The van der Waals surface area contributed by atoms with E-state index < -0.39 is 11.5 Å². The second kappa shape index (κ2) is 5.44. The number of benzene rings is 1. The van der Waals surface area contributed by atoms with E-state index in [0.717, 1.165) is 32.1 Å². The molecule has 2 N–H and O–H groups in total. The van der Waals surface area contributed by atoms with Crippen LogP contribution in [-0.4, -0.2) is 22.1 Å². The Kier molecular flexibility index (Phi) is 3.66. The minimum absolute atomic E-state index is 0.00971. The fourth-order valence-electron chi connectivity index (χ4n) is 6.08. The smallest absolute Gasteiger partial charge is 0.167 e. The van der Waals surface area contributed by atoms with E-state index in [1.807, 2.05) is 6.07 Å². The number of hydrogen-bond donors (Lipinski definition) is 2. The van der Waals surface area contributed by atoms with E-state index in [2.05, 4.69) is 26.0 Å². The van der Waals surface area contributed by atoms with Crippen molar-refractivity contribution in [1.29, 1.82) is 0 Å². The first kappa shape index (κ1) is 16.8. The summed E-state index contributed by atoms with van der Waals surface area (Å²) in [5.41, 5.74) is 3.42. The van der Waals surface area contributed by atoms with Gasteiger partial charge in [0.05, 0.1) is 0 Å². The Morgan fingerprint density at radius 1 is 1.28 bits per heavy atom. The number of aryl methyl sites for hydroxylation is 1. The summed E-state index contributed by atoms with van der Waals surface area (Å²) in [5.74, 6) is 1.33. The van der Waals surface area contributed by atoms with Crippen molar-refractivity contribution in [3.05, 3.63) is 35.4 Å². The summed E-state index contributed by atoms with van der Waals surface area (Å²) < 4.78 is 0. The van der Waals surface area contributed by atoms with Crippen molar-refractivity contribution in [2.75, 3.05) is 0 Å². The third-order valence-electron chi connectivity index (χ3n) is 7.71. The third kappa shape index (κ3) is 2.18. The Morgan fingerprint density at radius 3 is 2.76 bits per heavy atom. The van der Waals surface area contributed by atoms with Gasteiger partial charge in [0.1, 0.15) is 11.9 Å². The van der Waals surface area contributed by atoms with Gasteiger partial charge in [-0.15, -0.1) is 0 Å². The topological polar surface area (TPSA) is 57.5 Å². The zero-order valence-corrected chi connectivity index (χ0v) is 15.4. The molecule has 134 valence electrons. The van der Waals surface area contributed by atoms with Crippen LogP contribution >= 0.6 is 0 Å². The Morgan fingerprint density at radius 2 is 2.04 bits per heavy atom. The van der Waals surface area contributed by atoms with Crippen LogP contribution in [0, 0.1) is 22.7 Å². The van der Waals surface area contributed by atoms with Gasteiger partial charge < -0.3 is 10.2 Å². The molecule has 25 heavy (non-hydrogen) atoms. The van der Waals surface area contributed by atoms with Crippen molar-refractivity contribution in [3.63, 3.8) is 0 Å². The molecule has 0 amide bonds. The Bertz CT molecular complexity index is 763. The number of rotatable bonds is 2. The SMILES string of the molecule is CC(O)C(=O)[C@@]1(C)CC[C@H]2[C@@H]3CCc4cc(O)ccc4C3=CC[C@@]21C. The van der Waals surface area contributed by atoms with Gasteiger partial charge in [-0.3, -0.25) is 4.79 Å². The molecule has 1 aromatic rings. The highest BCUT2D eigenvalue weighted by Gasteiger charge is 2.61. The summed E-state index contributed by atoms with van der Waals surface area (Å²) in [6.07, 6.45) is 6.34. The average molecular weight is 340 g/mol. The maximum Gasteiger partial charge on any atom is 0.167 e. The van der Waals surface area contributed by atoms with Gasteiger partial charge in [0.2, 0.25) is 0 Å². The van der Waals surface area contributed by atoms with Crippen LogP contribution in [0.5, 0.6) is 5.75 Å². The number of carbonyl (C=O) groups is 1. The molecule has 0 bridgehead atoms. The van der Waals surface area contributed by atoms with E-state index in [9.17, 15) is 15.0 Å². The minimum Gasteiger partial charge on any atom is -0.508 e. The largest absolute Gasteiger partial charge is 0.508 e. The number of fused-ring (bicyclic) bond motifs is 5. The summed E-state index contributed by atoms with van der Waals surface area (Å²) in [4.78, 5) is 12.8. The van der Waals surface area contributed by atoms with Crippen LogP contribution in [0.25, 0.3) is 5.57 Å². The molecule has 0 radical (unpaired) electrons. The lowest BCUT2D eigenvalue weighted by molar-refractivity contribution is -0.143. The Balaban J connectivity index is 1.76. The number of ketones is 1. The van der Waals surface area contributed by atoms with Crippen molar-refractivity contribution in [3.8, 4) is 5.75 Å². The molecule has 0 aromatic heterocycles. The number of aliphatic hydroxyl groups excluding tert-OH is 1. The molecule has 0 aliphatic heterocycles. The number of phenols is 1. The van der Waals surface area contributed by atoms with E-state index in [1.165, 1.54) is 16.7 Å². The molecule has 4 rings (SSSR count). The highest BCUT2D eigenvalue weighted by Crippen LogP contribution is 2.66. The second-order valence-corrected chi connectivity index (χ2v) is 8.79. The summed E-state index contributed by atoms with van der Waals surface area (Å²) in [6.45, 7) is 5.96. The van der Waals surface area contributed by atoms with Crippen molar-refractivity contribution >= 4 is 11.4 Å². The Labute approximate surface area is 149 Å². The van der Waals surface area contributed by atoms with E-state index in [0.29, 0.717) is 17.6 Å². The van der Waals surface area contributed by atoms with Gasteiger partial charge in [0.15, 0.2) is 5.78 Å². The van der Waals surface area contributed by atoms with Gasteiger partial charge in [-0.1, -0.05) is 26.0 Å². The van der Waals surface area contributed by atoms with Gasteiger partial charge in [-0.05, 0) is 85.1 Å². The molecule has 0 spiro atoms. The van der Waals surface area contributed by atoms with Gasteiger partial charge in [0, 0.05) is 5.41 Å². The van der Waals surface area contributed by atoms with Crippen molar-refractivity contribution < 1.29 is 15.0 Å². The number of hydrogen-bond acceptors (Lipinski definition) is 3. The maximum absolute atomic E-state index is 12.8. The fourth-order valence-corrected chi connectivity index (χ4v) is 6.08. The van der Waals surface area contributed by atoms with Crippen molar-refractivity contribution in [2.45, 2.75) is 59.0 Å². The van der Waals surface area contributed by atoms with E-state index in [1.54, 1.807) is 13.0 Å². The molecule has 1 unspecified atom stereocenters. The standard InChI is InChI=1S/C22H28O3/c1-13(23)20(25)22(3)11-9-19-18-6-4-14-12-15(24)5-7-16(14)17(18)8-10-21(19,22)2/h5,7-8,12-13,18-19,23-24H,4,6,9-11H2,1-3H3/t13?,18-,19+,21+,22-/m1/s1. The first-order valence-corrected chi connectivity index (χ1v) is 9.52. The molecule has 5 atom stereocenters. The molecule has 1 fully saturated rings. The highest BCUT2D eigenvalue weighted by atomic mass is 16.3. The van der Waals surface area contributed by atoms with Crippen LogP contribution in [0.3, 0.4) is 0 Å². The van der Waals surface area contributed by atoms with E-state index in [-0.39, 0.29) is 11.2 Å². The third-order valence-corrected chi connectivity index (χ3v) is 7.71. The number of aromatic hydroxyl groups is 1. The molecule has 0 saturated heterocycles. The number of phenolic OH excluding ortho intramolecular Hbond substituents is 1. The van der Waals surface area contributed by atoms with Crippen LogP contribution < -0.4 is 0 Å². The van der Waals surface area contributed by atoms with Crippen LogP contribution in [0.4, 0.5) is 0 Å². The number of aliphatic hydroxyl groups is 1. The average Bonchev–Trinajstić information content (AvgIpc) is 2.86. The van der Waals surface area contributed by atoms with Gasteiger partial charge in [0.25, 0.3) is 0 Å². The lowest BCUT2D eigenvalue weighted by Crippen LogP contribution is -2.49. The van der Waals surface area contributed by atoms with Crippen LogP contribution in [0.2, 0.25) is 0 Å². The first-order chi connectivity index (χ1) is 11.8. The predicted molar refractivity (Wildman–Crippen MR) is 98.1 cm³/mol. The first-order valence-electron chi connectivity index (χ1n) is 9.52. The fraction of sp³-hybridized carbons (Fsp3) is 0.591. The molecule has 0 heterocycles. The molecule has 3 heteroatoms. The molecular formula is C22H28O3. The number of carbonyl (C=O) groups excluding carboxylic acids is 1. The Hall–Kier alpha value is -1.61. The summed E-state index contributed by atoms with van der Waals surface area (Å²) in [7, 11) is 0. The van der Waals surface area contributed by atoms with Gasteiger partial charge >= 0.3 is 0 Å². The summed E-state index contributed by atoms with van der Waals surface area (Å²) in [6, 6.07) is 5.74. The lowest BCUT2D eigenvalue weighted by atomic mass is 9.53. The molecule has 1 saturated carbocycles. The maximum atomic E-state index is 12.8. The van der Waals surface area contributed by atoms with Gasteiger partial charge in [-0.25, -0.2) is 0 Å². The van der Waals surface area contributed by atoms with Crippen LogP contribution in [-0.2, 0) is 11.2 Å². The molecule has 3 nitrogen and oxygen atoms in total. The molecule has 3 aliphatic rings. The van der Waals surface area contributed by atoms with E-state index in [4.69, 9.17) is 0 Å². The zero-order chi connectivity index (χ0) is 18.0. The lowest BCUT2D eigenvalue weighted by Gasteiger charge is -2.50. The quantitative estimate of drug-likeness (QED) is 0.851. The second-order valence-electron chi connectivity index (χ2n) is 8.79.